The molecular formula is C13H14N4. The van der Waals surface area contributed by atoms with Crippen molar-refractivity contribution in [2.45, 2.75) is 6.42 Å². The van der Waals surface area contributed by atoms with E-state index in [4.69, 9.17) is 0 Å². The first-order chi connectivity index (χ1) is 8.40. The van der Waals surface area contributed by atoms with Crippen LogP contribution in [0.2, 0.25) is 0 Å². The maximum atomic E-state index is 4.49. The van der Waals surface area contributed by atoms with Crippen molar-refractivity contribution in [3.8, 4) is 11.3 Å². The zero-order valence-electron chi connectivity index (χ0n) is 9.72. The number of hydrogen-bond donors (Lipinski definition) is 1. The molecule has 0 fully saturated rings. The van der Waals surface area contributed by atoms with E-state index in [0.717, 1.165) is 24.2 Å². The van der Waals surface area contributed by atoms with Crippen LogP contribution >= 0.6 is 0 Å². The zero-order chi connectivity index (χ0) is 11.7. The lowest BCUT2D eigenvalue weighted by Gasteiger charge is -2.17. The molecule has 4 heteroatoms. The Bertz CT molecular complexity index is 524. The fourth-order valence-electron chi connectivity index (χ4n) is 2.31. The van der Waals surface area contributed by atoms with Gasteiger partial charge in [0, 0.05) is 43.3 Å². The van der Waals surface area contributed by atoms with Gasteiger partial charge >= 0.3 is 0 Å². The minimum atomic E-state index is 0.991. The smallest absolute Gasteiger partial charge is 0.0771 e. The molecule has 1 N–H and O–H groups in total. The fourth-order valence-corrected chi connectivity index (χ4v) is 2.31. The Hall–Kier alpha value is -1.94. The van der Waals surface area contributed by atoms with Crippen molar-refractivity contribution in [1.29, 1.82) is 0 Å². The van der Waals surface area contributed by atoms with Crippen LogP contribution in [-0.2, 0) is 6.42 Å². The highest BCUT2D eigenvalue weighted by molar-refractivity contribution is 5.72. The first-order valence-corrected chi connectivity index (χ1v) is 5.73. The Morgan fingerprint density at radius 1 is 1.29 bits per heavy atom. The average Bonchev–Trinajstić information content (AvgIpc) is 2.82. The van der Waals surface area contributed by atoms with Gasteiger partial charge in [0.15, 0.2) is 0 Å². The molecule has 17 heavy (non-hydrogen) atoms. The average molecular weight is 226 g/mol. The number of aromatic nitrogens is 2. The molecule has 1 aliphatic rings. The first-order valence-electron chi connectivity index (χ1n) is 5.73. The Kier molecular flexibility index (Phi) is 2.49. The van der Waals surface area contributed by atoms with Crippen LogP contribution in [0.1, 0.15) is 5.56 Å². The van der Waals surface area contributed by atoms with Crippen molar-refractivity contribution in [1.82, 2.24) is 15.4 Å². The number of hydrogen-bond acceptors (Lipinski definition) is 4. The summed E-state index contributed by atoms with van der Waals surface area (Å²) in [4.78, 5) is 8.65. The number of pyridine rings is 2. The minimum Gasteiger partial charge on any atom is -0.308 e. The molecule has 4 nitrogen and oxygen atoms in total. The van der Waals surface area contributed by atoms with Crippen molar-refractivity contribution in [2.24, 2.45) is 0 Å². The summed E-state index contributed by atoms with van der Waals surface area (Å²) >= 11 is 0. The molecular weight excluding hydrogens is 212 g/mol. The van der Waals surface area contributed by atoms with Crippen LogP contribution in [0, 0.1) is 0 Å². The van der Waals surface area contributed by atoms with Crippen LogP contribution < -0.4 is 10.4 Å². The zero-order valence-corrected chi connectivity index (χ0v) is 9.72. The molecule has 3 rings (SSSR count). The van der Waals surface area contributed by atoms with Gasteiger partial charge in [0.25, 0.3) is 0 Å². The van der Waals surface area contributed by atoms with Crippen LogP contribution in [0.5, 0.6) is 0 Å². The quantitative estimate of drug-likeness (QED) is 0.845. The predicted octanol–water partition coefficient (Wildman–Crippen LogP) is 1.64. The van der Waals surface area contributed by atoms with Gasteiger partial charge in [0.1, 0.15) is 0 Å². The van der Waals surface area contributed by atoms with E-state index in [1.807, 2.05) is 25.5 Å². The van der Waals surface area contributed by atoms with Crippen molar-refractivity contribution in [2.75, 3.05) is 18.6 Å². The van der Waals surface area contributed by atoms with Crippen molar-refractivity contribution >= 4 is 5.69 Å². The maximum Gasteiger partial charge on any atom is 0.0771 e. The Morgan fingerprint density at radius 2 is 2.24 bits per heavy atom. The summed E-state index contributed by atoms with van der Waals surface area (Å²) in [6, 6.07) is 6.05. The summed E-state index contributed by atoms with van der Waals surface area (Å²) in [7, 11) is 1.94. The second kappa shape index (κ2) is 4.14. The van der Waals surface area contributed by atoms with Gasteiger partial charge in [0.2, 0.25) is 0 Å². The number of anilines is 1. The summed E-state index contributed by atoms with van der Waals surface area (Å²) < 4.78 is 0. The molecule has 1 aliphatic heterocycles. The van der Waals surface area contributed by atoms with E-state index in [1.165, 1.54) is 11.3 Å². The highest BCUT2D eigenvalue weighted by Gasteiger charge is 2.21. The second-order valence-electron chi connectivity index (χ2n) is 4.02. The molecule has 0 aliphatic carbocycles. The minimum absolute atomic E-state index is 0.991. The summed E-state index contributed by atoms with van der Waals surface area (Å²) in [6.07, 6.45) is 6.53. The number of nitrogens with one attached hydrogen (secondary N) is 1. The third kappa shape index (κ3) is 1.66. The van der Waals surface area contributed by atoms with Crippen LogP contribution in [0.4, 0.5) is 5.69 Å². The van der Waals surface area contributed by atoms with Gasteiger partial charge < -0.3 is 5.01 Å². The molecule has 3 heterocycles. The highest BCUT2D eigenvalue weighted by atomic mass is 15.5. The molecule has 0 aromatic carbocycles. The lowest BCUT2D eigenvalue weighted by atomic mass is 10.1. The van der Waals surface area contributed by atoms with Gasteiger partial charge in [-0.3, -0.25) is 9.97 Å². The third-order valence-electron chi connectivity index (χ3n) is 3.11. The van der Waals surface area contributed by atoms with Crippen molar-refractivity contribution in [3.63, 3.8) is 0 Å². The summed E-state index contributed by atoms with van der Waals surface area (Å²) in [5.41, 5.74) is 7.85. The van der Waals surface area contributed by atoms with Crippen LogP contribution in [0.15, 0.2) is 36.8 Å². The number of hydrazine groups is 1. The Labute approximate surface area is 100 Å². The molecule has 0 unspecified atom stereocenters. The summed E-state index contributed by atoms with van der Waals surface area (Å²) in [5, 5.41) is 2.15. The molecule has 0 bridgehead atoms. The van der Waals surface area contributed by atoms with Crippen molar-refractivity contribution in [3.05, 3.63) is 42.4 Å². The molecule has 86 valence electrons. The lowest BCUT2D eigenvalue weighted by molar-refractivity contribution is 0.734. The molecule has 0 radical (unpaired) electrons. The summed E-state index contributed by atoms with van der Waals surface area (Å²) in [6.45, 7) is 0.991. The van der Waals surface area contributed by atoms with Gasteiger partial charge in [-0.15, -0.1) is 0 Å². The SMILES string of the molecule is CNN1CCc2c1ccnc2-c1cccnc1. The molecule has 0 saturated heterocycles. The van der Waals surface area contributed by atoms with E-state index in [0.29, 0.717) is 0 Å². The second-order valence-corrected chi connectivity index (χ2v) is 4.02. The molecule has 2 aromatic heterocycles. The monoisotopic (exact) mass is 226 g/mol. The molecule has 0 saturated carbocycles. The standard InChI is InChI=1S/C13H14N4/c1-14-17-8-5-11-12(17)4-7-16-13(11)10-3-2-6-15-9-10/h2-4,6-7,9,14H,5,8H2,1H3. The number of fused-ring (bicyclic) bond motifs is 1. The lowest BCUT2D eigenvalue weighted by Crippen LogP contribution is -2.32. The molecule has 0 spiro atoms. The van der Waals surface area contributed by atoms with Gasteiger partial charge in [-0.25, -0.2) is 5.43 Å². The van der Waals surface area contributed by atoms with Crippen LogP contribution in [-0.4, -0.2) is 23.6 Å². The Balaban J connectivity index is 2.12. The topological polar surface area (TPSA) is 41.0 Å². The molecule has 0 amide bonds. The van der Waals surface area contributed by atoms with E-state index in [2.05, 4.69) is 32.5 Å². The van der Waals surface area contributed by atoms with Crippen molar-refractivity contribution < 1.29 is 0 Å². The van der Waals surface area contributed by atoms with Gasteiger partial charge in [0.05, 0.1) is 11.4 Å². The van der Waals surface area contributed by atoms with Gasteiger partial charge in [-0.1, -0.05) is 0 Å². The fraction of sp³-hybridized carbons (Fsp3) is 0.231. The first kappa shape index (κ1) is 10.2. The third-order valence-corrected chi connectivity index (χ3v) is 3.11. The normalized spacial score (nSPS) is 13.8. The van der Waals surface area contributed by atoms with E-state index >= 15 is 0 Å². The van der Waals surface area contributed by atoms with Gasteiger partial charge in [-0.2, -0.15) is 0 Å². The maximum absolute atomic E-state index is 4.49. The highest BCUT2D eigenvalue weighted by Crippen LogP contribution is 2.32. The van der Waals surface area contributed by atoms with E-state index in [-0.39, 0.29) is 0 Å². The largest absolute Gasteiger partial charge is 0.308 e. The van der Waals surface area contributed by atoms with Crippen LogP contribution in [0.25, 0.3) is 11.3 Å². The number of rotatable bonds is 2. The molecule has 2 aromatic rings. The van der Waals surface area contributed by atoms with E-state index in [1.54, 1.807) is 6.20 Å². The van der Waals surface area contributed by atoms with Crippen LogP contribution in [0.3, 0.4) is 0 Å². The molecule has 0 atom stereocenters. The van der Waals surface area contributed by atoms with E-state index in [9.17, 15) is 0 Å². The van der Waals surface area contributed by atoms with Gasteiger partial charge in [-0.05, 0) is 24.6 Å². The van der Waals surface area contributed by atoms with E-state index < -0.39 is 0 Å². The summed E-state index contributed by atoms with van der Waals surface area (Å²) in [5.74, 6) is 0. The predicted molar refractivity (Wildman–Crippen MR) is 67.6 cm³/mol. The number of nitrogens with zero attached hydrogens (tertiary/aromatic N) is 3. The Morgan fingerprint density at radius 3 is 3.00 bits per heavy atom.